The lowest BCUT2D eigenvalue weighted by Crippen LogP contribution is -2.49. The van der Waals surface area contributed by atoms with Crippen molar-refractivity contribution in [2.24, 2.45) is 11.3 Å². The molecule has 106 valence electrons. The van der Waals surface area contributed by atoms with Crippen LogP contribution in [-0.4, -0.2) is 24.4 Å². The summed E-state index contributed by atoms with van der Waals surface area (Å²) < 4.78 is 5.28. The van der Waals surface area contributed by atoms with Gasteiger partial charge < -0.3 is 9.84 Å². The van der Waals surface area contributed by atoms with E-state index in [-0.39, 0.29) is 11.3 Å². The number of hydrogen-bond acceptors (Lipinski definition) is 2. The first-order valence-corrected chi connectivity index (χ1v) is 7.22. The average molecular weight is 283 g/mol. The van der Waals surface area contributed by atoms with E-state index in [0.717, 1.165) is 24.3 Å². The Morgan fingerprint density at radius 2 is 1.95 bits per heavy atom. The Balaban J connectivity index is 2.17. The third-order valence-electron chi connectivity index (χ3n) is 4.72. The normalized spacial score (nSPS) is 29.6. The van der Waals surface area contributed by atoms with Gasteiger partial charge in [0.25, 0.3) is 0 Å². The van der Waals surface area contributed by atoms with Gasteiger partial charge in [-0.1, -0.05) is 37.6 Å². The van der Waals surface area contributed by atoms with Crippen LogP contribution in [0.4, 0.5) is 0 Å². The van der Waals surface area contributed by atoms with Crippen LogP contribution in [0.15, 0.2) is 24.3 Å². The largest absolute Gasteiger partial charge is 0.387 e. The molecule has 1 aliphatic rings. The van der Waals surface area contributed by atoms with Crippen LogP contribution in [0.3, 0.4) is 0 Å². The minimum absolute atomic E-state index is 0.0971. The number of halogens is 1. The molecule has 2 nitrogen and oxygen atoms in total. The molecule has 0 aromatic heterocycles. The van der Waals surface area contributed by atoms with Gasteiger partial charge in [-0.05, 0) is 48.3 Å². The molecule has 0 saturated heterocycles. The smallest absolute Gasteiger partial charge is 0.0961 e. The standard InChI is InChI=1S/C16H23ClO2/c1-15(2)9-8-13(16(15,18)11-19-3)10-12-4-6-14(17)7-5-12/h4-7,13,18H,8-11H2,1-3H3. The Morgan fingerprint density at radius 3 is 2.53 bits per heavy atom. The zero-order valence-electron chi connectivity index (χ0n) is 11.9. The van der Waals surface area contributed by atoms with Crippen molar-refractivity contribution >= 4 is 11.6 Å². The van der Waals surface area contributed by atoms with E-state index in [4.69, 9.17) is 16.3 Å². The van der Waals surface area contributed by atoms with E-state index < -0.39 is 5.60 Å². The molecule has 1 aromatic carbocycles. The van der Waals surface area contributed by atoms with Gasteiger partial charge in [-0.15, -0.1) is 0 Å². The summed E-state index contributed by atoms with van der Waals surface area (Å²) >= 11 is 5.91. The number of hydrogen-bond donors (Lipinski definition) is 1. The molecule has 1 aromatic rings. The molecule has 0 spiro atoms. The summed E-state index contributed by atoms with van der Waals surface area (Å²) in [5.74, 6) is 0.239. The lowest BCUT2D eigenvalue weighted by molar-refractivity contribution is -0.119. The fourth-order valence-electron chi connectivity index (χ4n) is 3.25. The van der Waals surface area contributed by atoms with Crippen molar-refractivity contribution in [2.75, 3.05) is 13.7 Å². The van der Waals surface area contributed by atoms with Gasteiger partial charge >= 0.3 is 0 Å². The van der Waals surface area contributed by atoms with Crippen molar-refractivity contribution in [1.82, 2.24) is 0 Å². The van der Waals surface area contributed by atoms with Gasteiger partial charge in [-0.25, -0.2) is 0 Å². The minimum Gasteiger partial charge on any atom is -0.387 e. The van der Waals surface area contributed by atoms with Gasteiger partial charge in [-0.3, -0.25) is 0 Å². The van der Waals surface area contributed by atoms with Gasteiger partial charge in [0.05, 0.1) is 12.2 Å². The predicted molar refractivity (Wildman–Crippen MR) is 78.5 cm³/mol. The highest BCUT2D eigenvalue weighted by atomic mass is 35.5. The van der Waals surface area contributed by atoms with E-state index in [0.29, 0.717) is 6.61 Å². The molecular formula is C16H23ClO2. The van der Waals surface area contributed by atoms with Crippen LogP contribution in [-0.2, 0) is 11.2 Å². The SMILES string of the molecule is COCC1(O)C(Cc2ccc(Cl)cc2)CCC1(C)C. The van der Waals surface area contributed by atoms with E-state index in [9.17, 15) is 5.11 Å². The third kappa shape index (κ3) is 2.81. The fraction of sp³-hybridized carbons (Fsp3) is 0.625. The van der Waals surface area contributed by atoms with Gasteiger partial charge in [0, 0.05) is 12.1 Å². The molecule has 2 atom stereocenters. The Kier molecular flexibility index (Phi) is 4.24. The predicted octanol–water partition coefficient (Wildman–Crippen LogP) is 3.70. The summed E-state index contributed by atoms with van der Waals surface area (Å²) in [4.78, 5) is 0. The van der Waals surface area contributed by atoms with Crippen LogP contribution < -0.4 is 0 Å². The molecule has 0 aliphatic heterocycles. The second-order valence-electron chi connectivity index (χ2n) is 6.31. The molecule has 0 heterocycles. The zero-order chi connectivity index (χ0) is 14.1. The summed E-state index contributed by atoms with van der Waals surface area (Å²) in [5, 5.41) is 11.8. The van der Waals surface area contributed by atoms with E-state index in [1.807, 2.05) is 24.3 Å². The molecule has 1 saturated carbocycles. The van der Waals surface area contributed by atoms with Gasteiger partial charge in [-0.2, -0.15) is 0 Å². The quantitative estimate of drug-likeness (QED) is 0.912. The van der Waals surface area contributed by atoms with Crippen LogP contribution in [0, 0.1) is 11.3 Å². The Labute approximate surface area is 120 Å². The lowest BCUT2D eigenvalue weighted by Gasteiger charge is -2.40. The molecule has 19 heavy (non-hydrogen) atoms. The second-order valence-corrected chi connectivity index (χ2v) is 6.74. The average Bonchev–Trinajstić information content (AvgIpc) is 2.56. The molecule has 2 unspecified atom stereocenters. The maximum atomic E-state index is 11.0. The van der Waals surface area contributed by atoms with Gasteiger partial charge in [0.2, 0.25) is 0 Å². The molecule has 0 bridgehead atoms. The first-order valence-electron chi connectivity index (χ1n) is 6.85. The highest BCUT2D eigenvalue weighted by Gasteiger charge is 2.53. The van der Waals surface area contributed by atoms with Crippen molar-refractivity contribution in [3.8, 4) is 0 Å². The van der Waals surface area contributed by atoms with Crippen molar-refractivity contribution in [3.05, 3.63) is 34.9 Å². The first-order chi connectivity index (χ1) is 8.89. The maximum absolute atomic E-state index is 11.0. The van der Waals surface area contributed by atoms with Gasteiger partial charge in [0.1, 0.15) is 0 Å². The van der Waals surface area contributed by atoms with Crippen LogP contribution in [0.5, 0.6) is 0 Å². The molecule has 2 rings (SSSR count). The monoisotopic (exact) mass is 282 g/mol. The summed E-state index contributed by atoms with van der Waals surface area (Å²) in [6, 6.07) is 7.90. The van der Waals surface area contributed by atoms with Crippen LogP contribution in [0.25, 0.3) is 0 Å². The number of rotatable bonds is 4. The number of methoxy groups -OCH3 is 1. The second kappa shape index (κ2) is 5.43. The first kappa shape index (κ1) is 14.8. The molecule has 0 radical (unpaired) electrons. The summed E-state index contributed by atoms with van der Waals surface area (Å²) in [6.07, 6.45) is 2.95. The topological polar surface area (TPSA) is 29.5 Å². The van der Waals surface area contributed by atoms with E-state index in [1.165, 1.54) is 5.56 Å². The highest BCUT2D eigenvalue weighted by molar-refractivity contribution is 6.30. The van der Waals surface area contributed by atoms with E-state index in [2.05, 4.69) is 13.8 Å². The Bertz CT molecular complexity index is 427. The number of aliphatic hydroxyl groups is 1. The number of benzene rings is 1. The Hall–Kier alpha value is -0.570. The number of ether oxygens (including phenoxy) is 1. The van der Waals surface area contributed by atoms with Gasteiger partial charge in [0.15, 0.2) is 0 Å². The van der Waals surface area contributed by atoms with E-state index >= 15 is 0 Å². The molecule has 1 aliphatic carbocycles. The maximum Gasteiger partial charge on any atom is 0.0961 e. The van der Waals surface area contributed by atoms with Crippen molar-refractivity contribution in [2.45, 2.75) is 38.7 Å². The van der Waals surface area contributed by atoms with Crippen molar-refractivity contribution in [3.63, 3.8) is 0 Å². The third-order valence-corrected chi connectivity index (χ3v) is 4.98. The van der Waals surface area contributed by atoms with Crippen molar-refractivity contribution in [1.29, 1.82) is 0 Å². The highest BCUT2D eigenvalue weighted by Crippen LogP contribution is 2.50. The Morgan fingerprint density at radius 1 is 1.32 bits per heavy atom. The minimum atomic E-state index is -0.749. The van der Waals surface area contributed by atoms with Crippen LogP contribution in [0.2, 0.25) is 5.02 Å². The van der Waals surface area contributed by atoms with Crippen LogP contribution >= 0.6 is 11.6 Å². The van der Waals surface area contributed by atoms with Crippen LogP contribution in [0.1, 0.15) is 32.3 Å². The van der Waals surface area contributed by atoms with Crippen molar-refractivity contribution < 1.29 is 9.84 Å². The molecular weight excluding hydrogens is 260 g/mol. The zero-order valence-corrected chi connectivity index (χ0v) is 12.7. The fourth-order valence-corrected chi connectivity index (χ4v) is 3.38. The summed E-state index contributed by atoms with van der Waals surface area (Å²) in [6.45, 7) is 4.67. The lowest BCUT2D eigenvalue weighted by atomic mass is 9.73. The molecule has 0 amide bonds. The molecule has 1 fully saturated rings. The molecule has 1 N–H and O–H groups in total. The molecule has 3 heteroatoms. The summed E-state index contributed by atoms with van der Waals surface area (Å²) in [5.41, 5.74) is 0.378. The summed E-state index contributed by atoms with van der Waals surface area (Å²) in [7, 11) is 1.66. The van der Waals surface area contributed by atoms with E-state index in [1.54, 1.807) is 7.11 Å².